The molecule has 100 valence electrons. The molecule has 1 unspecified atom stereocenters. The number of fused-ring (bicyclic) bond motifs is 1. The van der Waals surface area contributed by atoms with E-state index >= 15 is 0 Å². The Morgan fingerprint density at radius 1 is 1.26 bits per heavy atom. The van der Waals surface area contributed by atoms with Crippen molar-refractivity contribution in [3.05, 3.63) is 52.4 Å². The van der Waals surface area contributed by atoms with Gasteiger partial charge in [0.1, 0.15) is 11.5 Å². The summed E-state index contributed by atoms with van der Waals surface area (Å²) < 4.78 is 11.1. The smallest absolute Gasteiger partial charge is 0.193 e. The molecule has 0 spiro atoms. The first kappa shape index (κ1) is 12.6. The van der Waals surface area contributed by atoms with Crippen LogP contribution in [0.2, 0.25) is 5.22 Å². The van der Waals surface area contributed by atoms with E-state index in [0.717, 1.165) is 36.5 Å². The second-order valence-corrected chi connectivity index (χ2v) is 5.06. The lowest BCUT2D eigenvalue weighted by molar-refractivity contribution is 0.288. The Balaban J connectivity index is 1.95. The summed E-state index contributed by atoms with van der Waals surface area (Å²) >= 11 is 5.85. The Labute approximate surface area is 117 Å². The monoisotopic (exact) mass is 277 g/mol. The van der Waals surface area contributed by atoms with E-state index in [0.29, 0.717) is 5.22 Å². The SMILES string of the molecule is CNC(c1ccc2c(c1)CCCO2)c1ccc(Cl)o1. The van der Waals surface area contributed by atoms with Gasteiger partial charge in [-0.15, -0.1) is 0 Å². The lowest BCUT2D eigenvalue weighted by Crippen LogP contribution is -2.18. The van der Waals surface area contributed by atoms with Crippen molar-refractivity contribution in [3.63, 3.8) is 0 Å². The maximum atomic E-state index is 5.85. The van der Waals surface area contributed by atoms with Crippen LogP contribution in [-0.2, 0) is 6.42 Å². The Bertz CT molecular complexity index is 579. The summed E-state index contributed by atoms with van der Waals surface area (Å²) in [5.74, 6) is 1.83. The largest absolute Gasteiger partial charge is 0.493 e. The molecule has 1 aromatic heterocycles. The predicted molar refractivity (Wildman–Crippen MR) is 74.9 cm³/mol. The van der Waals surface area contributed by atoms with Crippen LogP contribution in [0, 0.1) is 0 Å². The number of benzene rings is 1. The van der Waals surface area contributed by atoms with Gasteiger partial charge in [-0.25, -0.2) is 0 Å². The van der Waals surface area contributed by atoms with Crippen LogP contribution in [-0.4, -0.2) is 13.7 Å². The molecule has 1 aliphatic rings. The standard InChI is InChI=1S/C15H16ClNO2/c1-17-15(13-6-7-14(16)19-13)11-4-5-12-10(9-11)3-2-8-18-12/h4-7,9,15,17H,2-3,8H2,1H3. The number of halogens is 1. The lowest BCUT2D eigenvalue weighted by Gasteiger charge is -2.20. The number of furan rings is 1. The summed E-state index contributed by atoms with van der Waals surface area (Å²) in [6.45, 7) is 0.815. The molecular weight excluding hydrogens is 262 g/mol. The zero-order valence-corrected chi connectivity index (χ0v) is 11.5. The van der Waals surface area contributed by atoms with Gasteiger partial charge in [-0.2, -0.15) is 0 Å². The summed E-state index contributed by atoms with van der Waals surface area (Å²) in [5, 5.41) is 3.68. The third-order valence-electron chi connectivity index (χ3n) is 3.43. The highest BCUT2D eigenvalue weighted by Crippen LogP contribution is 2.31. The number of rotatable bonds is 3. The van der Waals surface area contributed by atoms with Crippen LogP contribution in [0.25, 0.3) is 0 Å². The van der Waals surface area contributed by atoms with E-state index in [4.69, 9.17) is 20.8 Å². The zero-order chi connectivity index (χ0) is 13.2. The van der Waals surface area contributed by atoms with Crippen molar-refractivity contribution in [2.24, 2.45) is 0 Å². The highest BCUT2D eigenvalue weighted by molar-refractivity contribution is 6.28. The molecule has 0 amide bonds. The summed E-state index contributed by atoms with van der Waals surface area (Å²) in [6.07, 6.45) is 2.14. The fourth-order valence-electron chi connectivity index (χ4n) is 2.52. The fourth-order valence-corrected chi connectivity index (χ4v) is 2.67. The number of hydrogen-bond acceptors (Lipinski definition) is 3. The fraction of sp³-hybridized carbons (Fsp3) is 0.333. The van der Waals surface area contributed by atoms with E-state index in [1.165, 1.54) is 5.56 Å². The van der Waals surface area contributed by atoms with Gasteiger partial charge in [-0.1, -0.05) is 12.1 Å². The molecule has 0 radical (unpaired) electrons. The van der Waals surface area contributed by atoms with Gasteiger partial charge in [0.15, 0.2) is 5.22 Å². The minimum Gasteiger partial charge on any atom is -0.493 e. The van der Waals surface area contributed by atoms with Crippen molar-refractivity contribution < 1.29 is 9.15 Å². The van der Waals surface area contributed by atoms with Crippen molar-refractivity contribution in [1.29, 1.82) is 0 Å². The van der Waals surface area contributed by atoms with E-state index in [9.17, 15) is 0 Å². The molecule has 0 fully saturated rings. The van der Waals surface area contributed by atoms with Gasteiger partial charge in [0.2, 0.25) is 0 Å². The minimum atomic E-state index is 0.0136. The van der Waals surface area contributed by atoms with E-state index in [-0.39, 0.29) is 6.04 Å². The van der Waals surface area contributed by atoms with Gasteiger partial charge in [-0.3, -0.25) is 0 Å². The molecule has 1 N–H and O–H groups in total. The van der Waals surface area contributed by atoms with Crippen molar-refractivity contribution in [1.82, 2.24) is 5.32 Å². The first-order valence-corrected chi connectivity index (χ1v) is 6.84. The van der Waals surface area contributed by atoms with Gasteiger partial charge in [0, 0.05) is 0 Å². The van der Waals surface area contributed by atoms with Crippen LogP contribution in [0.1, 0.15) is 29.3 Å². The summed E-state index contributed by atoms with van der Waals surface area (Å²) in [5.41, 5.74) is 2.43. The van der Waals surface area contributed by atoms with Gasteiger partial charge < -0.3 is 14.5 Å². The molecule has 2 heterocycles. The van der Waals surface area contributed by atoms with Crippen molar-refractivity contribution in [2.45, 2.75) is 18.9 Å². The Kier molecular flexibility index (Phi) is 3.49. The Morgan fingerprint density at radius 2 is 2.16 bits per heavy atom. The van der Waals surface area contributed by atoms with Gasteiger partial charge in [0.05, 0.1) is 12.6 Å². The number of nitrogens with one attached hydrogen (secondary N) is 1. The molecule has 0 bridgehead atoms. The third-order valence-corrected chi connectivity index (χ3v) is 3.64. The quantitative estimate of drug-likeness (QED) is 0.931. The molecule has 1 atom stereocenters. The van der Waals surface area contributed by atoms with Crippen molar-refractivity contribution in [2.75, 3.05) is 13.7 Å². The summed E-state index contributed by atoms with van der Waals surface area (Å²) in [6, 6.07) is 9.98. The molecule has 1 aromatic carbocycles. The highest BCUT2D eigenvalue weighted by Gasteiger charge is 2.18. The van der Waals surface area contributed by atoms with Crippen LogP contribution in [0.3, 0.4) is 0 Å². The van der Waals surface area contributed by atoms with E-state index in [1.54, 1.807) is 6.07 Å². The van der Waals surface area contributed by atoms with E-state index < -0.39 is 0 Å². The Morgan fingerprint density at radius 3 is 2.89 bits per heavy atom. The average molecular weight is 278 g/mol. The maximum Gasteiger partial charge on any atom is 0.193 e. The first-order chi connectivity index (χ1) is 9.28. The van der Waals surface area contributed by atoms with E-state index in [2.05, 4.69) is 17.4 Å². The predicted octanol–water partition coefficient (Wildman–Crippen LogP) is 3.57. The number of aryl methyl sites for hydroxylation is 1. The van der Waals surface area contributed by atoms with E-state index in [1.807, 2.05) is 19.2 Å². The molecule has 2 aromatic rings. The normalized spacial score (nSPS) is 15.7. The van der Waals surface area contributed by atoms with Crippen LogP contribution >= 0.6 is 11.6 Å². The molecule has 0 saturated carbocycles. The molecule has 0 saturated heterocycles. The second-order valence-electron chi connectivity index (χ2n) is 4.68. The molecule has 0 aliphatic carbocycles. The topological polar surface area (TPSA) is 34.4 Å². The summed E-state index contributed by atoms with van der Waals surface area (Å²) in [7, 11) is 1.91. The maximum absolute atomic E-state index is 5.85. The minimum absolute atomic E-state index is 0.0136. The molecule has 19 heavy (non-hydrogen) atoms. The zero-order valence-electron chi connectivity index (χ0n) is 10.8. The van der Waals surface area contributed by atoms with Crippen LogP contribution in [0.5, 0.6) is 5.75 Å². The molecular formula is C15H16ClNO2. The molecule has 3 rings (SSSR count). The van der Waals surface area contributed by atoms with Gasteiger partial charge in [-0.05, 0) is 60.8 Å². The average Bonchev–Trinajstić information content (AvgIpc) is 2.86. The Hall–Kier alpha value is -1.45. The number of hydrogen-bond donors (Lipinski definition) is 1. The van der Waals surface area contributed by atoms with Crippen molar-refractivity contribution in [3.8, 4) is 5.75 Å². The van der Waals surface area contributed by atoms with Gasteiger partial charge >= 0.3 is 0 Å². The number of ether oxygens (including phenoxy) is 1. The first-order valence-electron chi connectivity index (χ1n) is 6.46. The molecule has 4 heteroatoms. The third kappa shape index (κ3) is 2.48. The van der Waals surface area contributed by atoms with Crippen LogP contribution in [0.4, 0.5) is 0 Å². The van der Waals surface area contributed by atoms with Crippen molar-refractivity contribution >= 4 is 11.6 Å². The molecule has 3 nitrogen and oxygen atoms in total. The lowest BCUT2D eigenvalue weighted by atomic mass is 9.98. The van der Waals surface area contributed by atoms with Crippen LogP contribution < -0.4 is 10.1 Å². The molecule has 1 aliphatic heterocycles. The van der Waals surface area contributed by atoms with Gasteiger partial charge in [0.25, 0.3) is 0 Å². The summed E-state index contributed by atoms with van der Waals surface area (Å²) in [4.78, 5) is 0. The highest BCUT2D eigenvalue weighted by atomic mass is 35.5. The van der Waals surface area contributed by atoms with Crippen LogP contribution in [0.15, 0.2) is 34.7 Å². The second kappa shape index (κ2) is 5.27.